The minimum atomic E-state index is -0.599. The standard InChI is InChI=1S/C54H55N9O6/c1-68-53(66)59-43-24-20-40-21-25-47(63(40)51(43)64)50-56-42-23-19-39(32-45(42)58-50)36-16-14-35(15-17-36)38-18-22-41-44(31-38)57-49(55-41)46-13-8-26-62(46)52(65)48(37-11-6-3-7-12-37)60-27-29-61(30-28-60)54(67)69-33-34-9-4-2-5-10-34/h2-7,9-12,14-19,22-23,31-32,40,43,46-48H,8,13,20-21,24-30,33H2,1H3,(H,55,57)(H,56,58)(H,59,66)/t40-,43-,46-,47-,48+/m0/s1. The number of ether oxygens (including phenoxy) is 2. The number of alkyl carbamates (subject to hydrolysis) is 1. The van der Waals surface area contributed by atoms with Crippen LogP contribution in [-0.2, 0) is 25.7 Å². The van der Waals surface area contributed by atoms with Gasteiger partial charge in [0.05, 0.1) is 41.3 Å². The molecule has 352 valence electrons. The maximum atomic E-state index is 14.8. The molecule has 11 rings (SSSR count). The first-order chi connectivity index (χ1) is 33.8. The van der Waals surface area contributed by atoms with Gasteiger partial charge in [0.15, 0.2) is 0 Å². The van der Waals surface area contributed by atoms with Crippen molar-refractivity contribution in [1.29, 1.82) is 0 Å². The first kappa shape index (κ1) is 44.0. The number of methoxy groups -OCH3 is 1. The summed E-state index contributed by atoms with van der Waals surface area (Å²) >= 11 is 0. The predicted octanol–water partition coefficient (Wildman–Crippen LogP) is 8.68. The lowest BCUT2D eigenvalue weighted by Crippen LogP contribution is -2.54. The fraction of sp³-hybridized carbons (Fsp3) is 0.333. The Kier molecular flexibility index (Phi) is 12.0. The van der Waals surface area contributed by atoms with Gasteiger partial charge >= 0.3 is 12.2 Å². The summed E-state index contributed by atoms with van der Waals surface area (Å²) in [5.74, 6) is 1.51. The number of rotatable bonds is 10. The molecular formula is C54H55N9O6. The molecule has 4 amide bonds. The number of imidazole rings is 2. The van der Waals surface area contributed by atoms with Gasteiger partial charge in [0.25, 0.3) is 0 Å². The highest BCUT2D eigenvalue weighted by Crippen LogP contribution is 2.41. The molecule has 15 nitrogen and oxygen atoms in total. The van der Waals surface area contributed by atoms with E-state index in [0.29, 0.717) is 39.1 Å². The van der Waals surface area contributed by atoms with Crippen molar-refractivity contribution in [3.8, 4) is 22.3 Å². The number of benzene rings is 5. The Morgan fingerprint density at radius 3 is 1.91 bits per heavy atom. The van der Waals surface area contributed by atoms with E-state index in [4.69, 9.17) is 19.4 Å². The number of nitrogens with zero attached hydrogens (tertiary/aromatic N) is 6. The van der Waals surface area contributed by atoms with Gasteiger partial charge in [-0.2, -0.15) is 0 Å². The highest BCUT2D eigenvalue weighted by atomic mass is 16.6. The van der Waals surface area contributed by atoms with E-state index in [1.165, 1.54) is 7.11 Å². The van der Waals surface area contributed by atoms with E-state index in [0.717, 1.165) is 99.2 Å². The number of aromatic amines is 2. The second-order valence-electron chi connectivity index (χ2n) is 18.6. The molecule has 5 aromatic carbocycles. The molecule has 5 atom stereocenters. The summed E-state index contributed by atoms with van der Waals surface area (Å²) < 4.78 is 10.4. The fourth-order valence-electron chi connectivity index (χ4n) is 10.9. The van der Waals surface area contributed by atoms with Crippen LogP contribution in [0, 0.1) is 0 Å². The molecule has 0 spiro atoms. The second kappa shape index (κ2) is 18.9. The van der Waals surface area contributed by atoms with E-state index in [9.17, 15) is 19.2 Å². The summed E-state index contributed by atoms with van der Waals surface area (Å²) in [6.07, 6.45) is 3.89. The maximum Gasteiger partial charge on any atom is 0.410 e. The molecular weight excluding hydrogens is 871 g/mol. The summed E-state index contributed by atoms with van der Waals surface area (Å²) in [5, 5.41) is 2.71. The zero-order valence-electron chi connectivity index (χ0n) is 38.6. The van der Waals surface area contributed by atoms with Crippen molar-refractivity contribution < 1.29 is 28.7 Å². The Balaban J connectivity index is 0.765. The number of piperazine rings is 1. The van der Waals surface area contributed by atoms with Gasteiger partial charge in [-0.15, -0.1) is 0 Å². The van der Waals surface area contributed by atoms with Gasteiger partial charge in [-0.1, -0.05) is 97.1 Å². The molecule has 0 radical (unpaired) electrons. The molecule has 0 saturated carbocycles. The van der Waals surface area contributed by atoms with Crippen LogP contribution in [0.15, 0.2) is 121 Å². The Bertz CT molecular complexity index is 3000. The molecule has 2 aromatic heterocycles. The summed E-state index contributed by atoms with van der Waals surface area (Å²) in [6, 6.07) is 39.3. The number of likely N-dealkylation sites (tertiary alicyclic amines) is 1. The number of carbonyl (C=O) groups is 4. The fourth-order valence-corrected chi connectivity index (χ4v) is 10.9. The number of hydrogen-bond donors (Lipinski definition) is 3. The molecule has 6 heterocycles. The summed E-state index contributed by atoms with van der Waals surface area (Å²) in [7, 11) is 1.30. The van der Waals surface area contributed by atoms with Gasteiger partial charge in [0, 0.05) is 38.8 Å². The summed E-state index contributed by atoms with van der Waals surface area (Å²) in [5.41, 5.74) is 9.61. The van der Waals surface area contributed by atoms with Crippen LogP contribution in [0.3, 0.4) is 0 Å². The first-order valence-corrected chi connectivity index (χ1v) is 24.1. The molecule has 7 aromatic rings. The van der Waals surface area contributed by atoms with Crippen molar-refractivity contribution in [1.82, 2.24) is 44.9 Å². The average Bonchev–Trinajstić information content (AvgIpc) is 4.23. The Morgan fingerprint density at radius 2 is 1.28 bits per heavy atom. The molecule has 69 heavy (non-hydrogen) atoms. The largest absolute Gasteiger partial charge is 0.453 e. The number of amides is 4. The van der Waals surface area contributed by atoms with E-state index in [1.807, 2.05) is 82.6 Å². The summed E-state index contributed by atoms with van der Waals surface area (Å²) in [6.45, 7) is 2.89. The monoisotopic (exact) mass is 925 g/mol. The SMILES string of the molecule is COC(=O)N[C@H]1CC[C@H]2CC[C@@H](c3nc4ccc(-c5ccc(-c6ccc7nc([C@@H]8CCCN8C(=O)[C@@H](c8ccccc8)N8CCN(C(=O)OCc9ccccc9)CC8)[nH]c7c6)cc5)cc4[nH]3)N2C1=O. The third kappa shape index (κ3) is 8.78. The zero-order valence-corrected chi connectivity index (χ0v) is 38.6. The first-order valence-electron chi connectivity index (χ1n) is 24.1. The third-order valence-electron chi connectivity index (χ3n) is 14.5. The lowest BCUT2D eigenvalue weighted by Gasteiger charge is -2.40. The number of hydrogen-bond acceptors (Lipinski definition) is 9. The van der Waals surface area contributed by atoms with Gasteiger partial charge in [0.2, 0.25) is 11.8 Å². The second-order valence-corrected chi connectivity index (χ2v) is 18.6. The lowest BCUT2D eigenvalue weighted by molar-refractivity contribution is -0.140. The van der Waals surface area contributed by atoms with E-state index < -0.39 is 18.2 Å². The summed E-state index contributed by atoms with van der Waals surface area (Å²) in [4.78, 5) is 78.3. The van der Waals surface area contributed by atoms with Crippen LogP contribution in [0.5, 0.6) is 0 Å². The average molecular weight is 926 g/mol. The van der Waals surface area contributed by atoms with Gasteiger partial charge in [0.1, 0.15) is 30.3 Å². The molecule has 15 heteroatoms. The van der Waals surface area contributed by atoms with Crippen molar-refractivity contribution in [2.45, 2.75) is 75.3 Å². The molecule has 3 N–H and O–H groups in total. The highest BCUT2D eigenvalue weighted by Gasteiger charge is 2.45. The number of fused-ring (bicyclic) bond motifs is 3. The number of piperidine rings is 1. The van der Waals surface area contributed by atoms with Gasteiger partial charge < -0.3 is 39.5 Å². The topological polar surface area (TPSA) is 169 Å². The predicted molar refractivity (Wildman–Crippen MR) is 260 cm³/mol. The quantitative estimate of drug-likeness (QED) is 0.122. The lowest BCUT2D eigenvalue weighted by atomic mass is 9.98. The van der Waals surface area contributed by atoms with Crippen molar-refractivity contribution in [2.75, 3.05) is 39.8 Å². The van der Waals surface area contributed by atoms with E-state index in [2.05, 4.69) is 68.7 Å². The number of H-pyrrole nitrogens is 2. The molecule has 0 aliphatic carbocycles. The molecule has 0 unspecified atom stereocenters. The normalized spacial score (nSPS) is 21.1. The van der Waals surface area contributed by atoms with Crippen molar-refractivity contribution in [2.24, 2.45) is 0 Å². The molecule has 4 aliphatic rings. The van der Waals surface area contributed by atoms with Crippen LogP contribution in [0.2, 0.25) is 0 Å². The van der Waals surface area contributed by atoms with E-state index >= 15 is 0 Å². The van der Waals surface area contributed by atoms with Crippen LogP contribution >= 0.6 is 0 Å². The minimum Gasteiger partial charge on any atom is -0.453 e. The molecule has 4 aliphatic heterocycles. The van der Waals surface area contributed by atoms with Crippen LogP contribution in [0.1, 0.15) is 79.4 Å². The smallest absolute Gasteiger partial charge is 0.410 e. The van der Waals surface area contributed by atoms with Crippen LogP contribution in [0.25, 0.3) is 44.3 Å². The third-order valence-corrected chi connectivity index (χ3v) is 14.5. The maximum absolute atomic E-state index is 14.8. The van der Waals surface area contributed by atoms with E-state index in [-0.39, 0.29) is 42.6 Å². The van der Waals surface area contributed by atoms with Gasteiger partial charge in [-0.25, -0.2) is 19.6 Å². The van der Waals surface area contributed by atoms with Crippen LogP contribution < -0.4 is 5.32 Å². The zero-order chi connectivity index (χ0) is 47.0. The molecule has 0 bridgehead atoms. The van der Waals surface area contributed by atoms with Crippen molar-refractivity contribution in [3.63, 3.8) is 0 Å². The van der Waals surface area contributed by atoms with Crippen molar-refractivity contribution >= 4 is 46.1 Å². The Labute approximate surface area is 399 Å². The van der Waals surface area contributed by atoms with Crippen molar-refractivity contribution in [3.05, 3.63) is 144 Å². The Hall–Kier alpha value is -7.52. The van der Waals surface area contributed by atoms with Gasteiger partial charge in [-0.3, -0.25) is 14.5 Å². The highest BCUT2D eigenvalue weighted by molar-refractivity contribution is 5.88. The van der Waals surface area contributed by atoms with E-state index in [1.54, 1.807) is 4.90 Å². The molecule has 4 saturated heterocycles. The number of aromatic nitrogens is 4. The number of carbonyl (C=O) groups excluding carboxylic acids is 4. The minimum absolute atomic E-state index is 0.0441. The van der Waals surface area contributed by atoms with Crippen LogP contribution in [-0.4, -0.2) is 115 Å². The Morgan fingerprint density at radius 1 is 0.681 bits per heavy atom. The number of nitrogens with one attached hydrogen (secondary N) is 3. The van der Waals surface area contributed by atoms with Gasteiger partial charge in [-0.05, 0) is 96.2 Å². The van der Waals surface area contributed by atoms with Crippen LogP contribution in [0.4, 0.5) is 9.59 Å². The molecule has 4 fully saturated rings.